The summed E-state index contributed by atoms with van der Waals surface area (Å²) in [7, 11) is 0. The summed E-state index contributed by atoms with van der Waals surface area (Å²) < 4.78 is 0. The van der Waals surface area contributed by atoms with Crippen LogP contribution in [-0.4, -0.2) is 28.3 Å². The van der Waals surface area contributed by atoms with E-state index in [1.165, 1.54) is 12.8 Å². The molecule has 0 aromatic heterocycles. The molecule has 3 unspecified atom stereocenters. The fourth-order valence-electron chi connectivity index (χ4n) is 2.30. The van der Waals surface area contributed by atoms with Gasteiger partial charge >= 0.3 is 0 Å². The molecule has 1 heterocycles. The summed E-state index contributed by atoms with van der Waals surface area (Å²) in [6.45, 7) is 0. The molecule has 4 heteroatoms. The maximum atomic E-state index is 11.9. The summed E-state index contributed by atoms with van der Waals surface area (Å²) in [4.78, 5) is 11.9. The maximum absolute atomic E-state index is 11.9. The van der Waals surface area contributed by atoms with Gasteiger partial charge in [0.1, 0.15) is 0 Å². The van der Waals surface area contributed by atoms with Gasteiger partial charge in [-0.2, -0.15) is 0 Å². The fourth-order valence-corrected chi connectivity index (χ4v) is 3.85. The van der Waals surface area contributed by atoms with Gasteiger partial charge in [-0.25, -0.2) is 0 Å². The second-order valence-electron chi connectivity index (χ2n) is 4.42. The largest absolute Gasteiger partial charge is 0.351 e. The molecule has 1 amide bonds. The van der Waals surface area contributed by atoms with E-state index in [-0.39, 0.29) is 22.6 Å². The van der Waals surface area contributed by atoms with Crippen LogP contribution in [0, 0.1) is 0 Å². The van der Waals surface area contributed by atoms with Crippen LogP contribution in [0.3, 0.4) is 0 Å². The summed E-state index contributed by atoms with van der Waals surface area (Å²) in [6, 6.07) is 0.224. The maximum Gasteiger partial charge on any atom is 0.233 e. The Balaban J connectivity index is 1.80. The van der Waals surface area contributed by atoms with E-state index in [1.54, 1.807) is 11.8 Å². The number of rotatable bonds is 2. The molecule has 1 aliphatic heterocycles. The molecule has 1 saturated heterocycles. The number of nitrogens with one attached hydrogen (secondary N) is 1. The molecule has 2 nitrogen and oxygen atoms in total. The second-order valence-corrected chi connectivity index (χ2v) is 6.29. The third-order valence-electron chi connectivity index (χ3n) is 3.23. The molecular formula is C11H18ClNOS. The van der Waals surface area contributed by atoms with Crippen molar-refractivity contribution < 1.29 is 4.79 Å². The van der Waals surface area contributed by atoms with Gasteiger partial charge in [-0.15, -0.1) is 23.4 Å². The van der Waals surface area contributed by atoms with Gasteiger partial charge in [0.25, 0.3) is 0 Å². The zero-order valence-electron chi connectivity index (χ0n) is 8.88. The van der Waals surface area contributed by atoms with Crippen LogP contribution in [0.25, 0.3) is 0 Å². The highest BCUT2D eigenvalue weighted by Crippen LogP contribution is 2.27. The average Bonchev–Trinajstić information content (AvgIpc) is 2.66. The number of hydrogen-bond acceptors (Lipinski definition) is 2. The molecule has 1 saturated carbocycles. The molecule has 2 aliphatic rings. The molecular weight excluding hydrogens is 230 g/mol. The van der Waals surface area contributed by atoms with Gasteiger partial charge in [0.2, 0.25) is 5.91 Å². The first-order chi connectivity index (χ1) is 7.27. The first-order valence-corrected chi connectivity index (χ1v) is 7.32. The molecule has 2 rings (SSSR count). The SMILES string of the molecule is O=C(NC1CCCC1Cl)C1CCCCS1. The zero-order valence-corrected chi connectivity index (χ0v) is 10.4. The van der Waals surface area contributed by atoms with Crippen molar-refractivity contribution >= 4 is 29.3 Å². The standard InChI is InChI=1S/C11H18ClNOS/c12-8-4-3-5-9(8)13-11(14)10-6-1-2-7-15-10/h8-10H,1-7H2,(H,13,14). The second kappa shape index (κ2) is 5.44. The van der Waals surface area contributed by atoms with E-state index in [1.807, 2.05) is 0 Å². The van der Waals surface area contributed by atoms with Crippen LogP contribution in [0.15, 0.2) is 0 Å². The average molecular weight is 248 g/mol. The Bertz CT molecular complexity index is 231. The highest BCUT2D eigenvalue weighted by Gasteiger charge is 2.29. The Hall–Kier alpha value is 0.110. The van der Waals surface area contributed by atoms with Crippen molar-refractivity contribution in [3.05, 3.63) is 0 Å². The van der Waals surface area contributed by atoms with Crippen LogP contribution in [0.5, 0.6) is 0 Å². The molecule has 1 N–H and O–H groups in total. The number of carbonyl (C=O) groups is 1. The molecule has 15 heavy (non-hydrogen) atoms. The normalized spacial score (nSPS) is 36.5. The van der Waals surface area contributed by atoms with Crippen molar-refractivity contribution in [2.45, 2.75) is 55.2 Å². The fraction of sp³-hybridized carbons (Fsp3) is 0.909. The van der Waals surface area contributed by atoms with E-state index >= 15 is 0 Å². The minimum absolute atomic E-state index is 0.155. The van der Waals surface area contributed by atoms with E-state index in [0.29, 0.717) is 0 Å². The lowest BCUT2D eigenvalue weighted by Gasteiger charge is -2.23. The molecule has 86 valence electrons. The number of thioether (sulfide) groups is 1. The Labute approximate surface area is 101 Å². The van der Waals surface area contributed by atoms with Crippen molar-refractivity contribution in [2.75, 3.05) is 5.75 Å². The summed E-state index contributed by atoms with van der Waals surface area (Å²) in [5.74, 6) is 1.35. The molecule has 0 bridgehead atoms. The molecule has 0 spiro atoms. The number of hydrogen-bond donors (Lipinski definition) is 1. The summed E-state index contributed by atoms with van der Waals surface area (Å²) in [6.07, 6.45) is 6.74. The molecule has 1 aliphatic carbocycles. The van der Waals surface area contributed by atoms with Gasteiger partial charge in [0.05, 0.1) is 10.6 Å². The smallest absolute Gasteiger partial charge is 0.233 e. The highest BCUT2D eigenvalue weighted by atomic mass is 35.5. The quantitative estimate of drug-likeness (QED) is 0.760. The Kier molecular flexibility index (Phi) is 4.21. The number of amides is 1. The van der Waals surface area contributed by atoms with Crippen LogP contribution < -0.4 is 5.32 Å². The van der Waals surface area contributed by atoms with Crippen LogP contribution in [0.1, 0.15) is 38.5 Å². The number of alkyl halides is 1. The van der Waals surface area contributed by atoms with Crippen LogP contribution in [0.2, 0.25) is 0 Å². The highest BCUT2D eigenvalue weighted by molar-refractivity contribution is 8.00. The molecule has 0 aromatic carbocycles. The van der Waals surface area contributed by atoms with Gasteiger partial charge in [-0.3, -0.25) is 4.79 Å². The summed E-state index contributed by atoms with van der Waals surface area (Å²) in [5.41, 5.74) is 0. The van der Waals surface area contributed by atoms with E-state index in [0.717, 1.165) is 31.4 Å². The first-order valence-electron chi connectivity index (χ1n) is 5.83. The lowest BCUT2D eigenvalue weighted by Crippen LogP contribution is -2.43. The van der Waals surface area contributed by atoms with Gasteiger partial charge in [0.15, 0.2) is 0 Å². The van der Waals surface area contributed by atoms with Crippen molar-refractivity contribution in [3.8, 4) is 0 Å². The zero-order chi connectivity index (χ0) is 10.7. The van der Waals surface area contributed by atoms with E-state index < -0.39 is 0 Å². The monoisotopic (exact) mass is 247 g/mol. The predicted octanol–water partition coefficient (Wildman–Crippen LogP) is 2.55. The van der Waals surface area contributed by atoms with Crippen molar-refractivity contribution in [1.29, 1.82) is 0 Å². The van der Waals surface area contributed by atoms with Gasteiger partial charge < -0.3 is 5.32 Å². The van der Waals surface area contributed by atoms with Crippen LogP contribution >= 0.6 is 23.4 Å². The number of carbonyl (C=O) groups excluding carboxylic acids is 1. The van der Waals surface area contributed by atoms with Crippen LogP contribution in [-0.2, 0) is 4.79 Å². The molecule has 2 fully saturated rings. The summed E-state index contributed by atoms with van der Waals surface area (Å²) in [5, 5.41) is 3.45. The van der Waals surface area contributed by atoms with E-state index in [9.17, 15) is 4.79 Å². The van der Waals surface area contributed by atoms with Crippen LogP contribution in [0.4, 0.5) is 0 Å². The Morgan fingerprint density at radius 1 is 1.20 bits per heavy atom. The van der Waals surface area contributed by atoms with Crippen molar-refractivity contribution in [2.24, 2.45) is 0 Å². The molecule has 0 radical (unpaired) electrons. The Morgan fingerprint density at radius 3 is 2.67 bits per heavy atom. The topological polar surface area (TPSA) is 29.1 Å². The molecule has 0 aromatic rings. The number of halogens is 1. The first kappa shape index (κ1) is 11.6. The van der Waals surface area contributed by atoms with E-state index in [2.05, 4.69) is 5.32 Å². The lowest BCUT2D eigenvalue weighted by molar-refractivity contribution is -0.121. The predicted molar refractivity (Wildman–Crippen MR) is 65.5 cm³/mol. The lowest BCUT2D eigenvalue weighted by atomic mass is 10.1. The van der Waals surface area contributed by atoms with Crippen molar-refractivity contribution in [3.63, 3.8) is 0 Å². The third kappa shape index (κ3) is 3.04. The molecule has 3 atom stereocenters. The minimum atomic E-state index is 0.155. The Morgan fingerprint density at radius 2 is 2.07 bits per heavy atom. The van der Waals surface area contributed by atoms with Crippen molar-refractivity contribution in [1.82, 2.24) is 5.32 Å². The summed E-state index contributed by atoms with van der Waals surface area (Å²) >= 11 is 7.94. The van der Waals surface area contributed by atoms with Gasteiger partial charge in [-0.1, -0.05) is 6.42 Å². The minimum Gasteiger partial charge on any atom is -0.351 e. The third-order valence-corrected chi connectivity index (χ3v) is 5.13. The van der Waals surface area contributed by atoms with Gasteiger partial charge in [0, 0.05) is 6.04 Å². The van der Waals surface area contributed by atoms with E-state index in [4.69, 9.17) is 11.6 Å². The van der Waals surface area contributed by atoms with Gasteiger partial charge in [-0.05, 0) is 37.9 Å².